The Balaban J connectivity index is 1.37. The summed E-state index contributed by atoms with van der Waals surface area (Å²) in [6.07, 6.45) is 5.18. The van der Waals surface area contributed by atoms with Crippen molar-refractivity contribution >= 4 is 27.3 Å². The first-order chi connectivity index (χ1) is 13.6. The van der Waals surface area contributed by atoms with E-state index >= 15 is 0 Å². The molecule has 3 heterocycles. The van der Waals surface area contributed by atoms with Crippen molar-refractivity contribution in [3.63, 3.8) is 0 Å². The second-order valence-electron chi connectivity index (χ2n) is 7.37. The van der Waals surface area contributed by atoms with Crippen LogP contribution < -0.4 is 5.32 Å². The fourth-order valence-corrected chi connectivity index (χ4v) is 6.58. The van der Waals surface area contributed by atoms with Crippen LogP contribution in [0, 0.1) is 0 Å². The summed E-state index contributed by atoms with van der Waals surface area (Å²) in [5.74, 6) is -0.0462. The molecule has 7 nitrogen and oxygen atoms in total. The van der Waals surface area contributed by atoms with Crippen molar-refractivity contribution in [2.45, 2.75) is 42.7 Å². The molecule has 0 unspecified atom stereocenters. The number of hydrogen-bond acceptors (Lipinski definition) is 6. The molecule has 2 saturated heterocycles. The zero-order valence-electron chi connectivity index (χ0n) is 16.4. The number of carbonyl (C=O) groups is 1. The Bertz CT molecular complexity index is 723. The van der Waals surface area contributed by atoms with E-state index in [0.717, 1.165) is 69.8 Å². The number of hydrogen-bond donors (Lipinski definition) is 1. The molecule has 1 amide bonds. The van der Waals surface area contributed by atoms with E-state index in [-0.39, 0.29) is 12.3 Å². The van der Waals surface area contributed by atoms with E-state index in [4.69, 9.17) is 4.74 Å². The van der Waals surface area contributed by atoms with E-state index in [1.54, 1.807) is 16.4 Å². The topological polar surface area (TPSA) is 79.0 Å². The average molecular weight is 430 g/mol. The van der Waals surface area contributed by atoms with Crippen LogP contribution in [-0.2, 0) is 26.0 Å². The third kappa shape index (κ3) is 6.25. The van der Waals surface area contributed by atoms with Crippen molar-refractivity contribution < 1.29 is 17.9 Å². The molecule has 0 bridgehead atoms. The van der Waals surface area contributed by atoms with Gasteiger partial charge in [-0.1, -0.05) is 6.42 Å². The van der Waals surface area contributed by atoms with Crippen LogP contribution in [0.3, 0.4) is 0 Å². The minimum atomic E-state index is -3.41. The lowest BCUT2D eigenvalue weighted by atomic mass is 10.2. The number of nitrogens with zero attached hydrogens (tertiary/aromatic N) is 2. The van der Waals surface area contributed by atoms with Crippen molar-refractivity contribution in [1.82, 2.24) is 14.5 Å². The van der Waals surface area contributed by atoms with Gasteiger partial charge in [0.25, 0.3) is 10.0 Å². The third-order valence-electron chi connectivity index (χ3n) is 5.21. The summed E-state index contributed by atoms with van der Waals surface area (Å²) in [5.41, 5.74) is 0. The minimum Gasteiger partial charge on any atom is -0.379 e. The molecule has 2 fully saturated rings. The maximum atomic E-state index is 12.7. The lowest BCUT2D eigenvalue weighted by Gasteiger charge is -2.26. The molecule has 0 saturated carbocycles. The number of sulfonamides is 1. The molecular weight excluding hydrogens is 398 g/mol. The molecule has 9 heteroatoms. The van der Waals surface area contributed by atoms with Gasteiger partial charge in [0.1, 0.15) is 4.21 Å². The Morgan fingerprint density at radius 1 is 1.07 bits per heavy atom. The van der Waals surface area contributed by atoms with Gasteiger partial charge in [0.2, 0.25) is 5.91 Å². The highest BCUT2D eigenvalue weighted by Gasteiger charge is 2.27. The predicted molar refractivity (Wildman–Crippen MR) is 110 cm³/mol. The molecule has 1 aromatic heterocycles. The maximum Gasteiger partial charge on any atom is 0.252 e. The summed E-state index contributed by atoms with van der Waals surface area (Å²) in [5, 5.41) is 2.94. The summed E-state index contributed by atoms with van der Waals surface area (Å²) in [4.78, 5) is 15.3. The second kappa shape index (κ2) is 10.7. The van der Waals surface area contributed by atoms with Gasteiger partial charge in [0.05, 0.1) is 19.6 Å². The SMILES string of the molecule is O=C(Cc1ccc(S(=O)(=O)N2CCCCC2)s1)NCCCCN1CCOCC1. The zero-order valence-corrected chi connectivity index (χ0v) is 18.0. The molecule has 1 aromatic rings. The van der Waals surface area contributed by atoms with Crippen LogP contribution in [0.5, 0.6) is 0 Å². The van der Waals surface area contributed by atoms with Gasteiger partial charge in [0.15, 0.2) is 0 Å². The fourth-order valence-electron chi connectivity index (χ4n) is 3.56. The van der Waals surface area contributed by atoms with Crippen molar-refractivity contribution in [3.8, 4) is 0 Å². The van der Waals surface area contributed by atoms with Crippen LogP contribution >= 0.6 is 11.3 Å². The first kappa shape index (κ1) is 21.7. The normalized spacial score (nSPS) is 19.6. The van der Waals surface area contributed by atoms with Gasteiger partial charge in [-0.2, -0.15) is 4.31 Å². The summed E-state index contributed by atoms with van der Waals surface area (Å²) in [6, 6.07) is 3.40. The van der Waals surface area contributed by atoms with Gasteiger partial charge in [-0.15, -0.1) is 11.3 Å². The van der Waals surface area contributed by atoms with Crippen LogP contribution in [0.15, 0.2) is 16.3 Å². The Morgan fingerprint density at radius 3 is 2.57 bits per heavy atom. The second-order valence-corrected chi connectivity index (χ2v) is 10.7. The van der Waals surface area contributed by atoms with E-state index in [2.05, 4.69) is 10.2 Å². The molecule has 0 aliphatic carbocycles. The predicted octanol–water partition coefficient (Wildman–Crippen LogP) is 1.69. The maximum absolute atomic E-state index is 12.7. The number of piperidine rings is 1. The zero-order chi connectivity index (χ0) is 19.8. The minimum absolute atomic E-state index is 0.0462. The largest absolute Gasteiger partial charge is 0.379 e. The molecular formula is C19H31N3O4S2. The Labute approximate surface area is 172 Å². The molecule has 158 valence electrons. The van der Waals surface area contributed by atoms with E-state index in [0.29, 0.717) is 23.8 Å². The first-order valence-corrected chi connectivity index (χ1v) is 12.5. The highest BCUT2D eigenvalue weighted by atomic mass is 32.2. The number of nitrogens with one attached hydrogen (secondary N) is 1. The van der Waals surface area contributed by atoms with Crippen LogP contribution in [-0.4, -0.2) is 76.0 Å². The summed E-state index contributed by atoms with van der Waals surface area (Å²) < 4.78 is 32.6. The van der Waals surface area contributed by atoms with Crippen LogP contribution in [0.1, 0.15) is 37.0 Å². The lowest BCUT2D eigenvalue weighted by Crippen LogP contribution is -2.37. The third-order valence-corrected chi connectivity index (χ3v) is 8.66. The summed E-state index contributed by atoms with van der Waals surface area (Å²) in [6.45, 7) is 6.51. The molecule has 2 aliphatic heterocycles. The molecule has 0 spiro atoms. The van der Waals surface area contributed by atoms with Crippen molar-refractivity contribution in [2.75, 3.05) is 52.5 Å². The number of thiophene rings is 1. The number of amides is 1. The van der Waals surface area contributed by atoms with Crippen molar-refractivity contribution in [2.24, 2.45) is 0 Å². The smallest absolute Gasteiger partial charge is 0.252 e. The Hall–Kier alpha value is -1.00. The fraction of sp³-hybridized carbons (Fsp3) is 0.737. The van der Waals surface area contributed by atoms with Crippen LogP contribution in [0.25, 0.3) is 0 Å². The van der Waals surface area contributed by atoms with Gasteiger partial charge in [-0.05, 0) is 44.4 Å². The molecule has 1 N–H and O–H groups in total. The molecule has 0 aromatic carbocycles. The number of unbranched alkanes of at least 4 members (excludes halogenated alkanes) is 1. The van der Waals surface area contributed by atoms with Gasteiger partial charge < -0.3 is 10.1 Å². The van der Waals surface area contributed by atoms with Gasteiger partial charge in [-0.25, -0.2) is 8.42 Å². The Kier molecular flexibility index (Phi) is 8.28. The van der Waals surface area contributed by atoms with E-state index in [1.807, 2.05) is 0 Å². The molecule has 2 aliphatic rings. The Morgan fingerprint density at radius 2 is 1.82 bits per heavy atom. The van der Waals surface area contributed by atoms with Crippen molar-refractivity contribution in [3.05, 3.63) is 17.0 Å². The number of morpholine rings is 1. The molecule has 0 atom stereocenters. The summed E-state index contributed by atoms with van der Waals surface area (Å²) in [7, 11) is -3.41. The number of rotatable bonds is 9. The lowest BCUT2D eigenvalue weighted by molar-refractivity contribution is -0.120. The quantitative estimate of drug-likeness (QED) is 0.605. The van der Waals surface area contributed by atoms with Gasteiger partial charge >= 0.3 is 0 Å². The molecule has 3 rings (SSSR count). The first-order valence-electron chi connectivity index (χ1n) is 10.2. The van der Waals surface area contributed by atoms with E-state index in [9.17, 15) is 13.2 Å². The molecule has 28 heavy (non-hydrogen) atoms. The standard InChI is InChI=1S/C19H31N3O4S2/c23-18(20-8-2-5-9-21-12-14-26-15-13-21)16-17-6-7-19(27-17)28(24,25)22-10-3-1-4-11-22/h6-7H,1-5,8-16H2,(H,20,23). The van der Waals surface area contributed by atoms with Crippen LogP contribution in [0.2, 0.25) is 0 Å². The van der Waals surface area contributed by atoms with E-state index < -0.39 is 10.0 Å². The van der Waals surface area contributed by atoms with Gasteiger partial charge in [0, 0.05) is 37.6 Å². The number of carbonyl (C=O) groups excluding carboxylic acids is 1. The monoisotopic (exact) mass is 429 g/mol. The highest BCUT2D eigenvalue weighted by Crippen LogP contribution is 2.27. The summed E-state index contributed by atoms with van der Waals surface area (Å²) >= 11 is 1.22. The van der Waals surface area contributed by atoms with Crippen molar-refractivity contribution in [1.29, 1.82) is 0 Å². The average Bonchev–Trinajstić information content (AvgIpc) is 3.18. The van der Waals surface area contributed by atoms with Gasteiger partial charge in [-0.3, -0.25) is 9.69 Å². The van der Waals surface area contributed by atoms with Crippen LogP contribution in [0.4, 0.5) is 0 Å². The number of ether oxygens (including phenoxy) is 1. The van der Waals surface area contributed by atoms with E-state index in [1.165, 1.54) is 11.3 Å². The molecule has 0 radical (unpaired) electrons. The highest BCUT2D eigenvalue weighted by molar-refractivity contribution is 7.91.